The number of alkyl halides is 1. The largest absolute Gasteiger partial charge is 0.449 e. The highest BCUT2D eigenvalue weighted by Gasteiger charge is 2.07. The number of halogens is 3. The van der Waals surface area contributed by atoms with Crippen LogP contribution < -0.4 is 5.32 Å². The van der Waals surface area contributed by atoms with Crippen LogP contribution in [0.2, 0.25) is 10.0 Å². The number of nitrogens with one attached hydrogen (secondary N) is 1. The van der Waals surface area contributed by atoms with E-state index in [9.17, 15) is 4.79 Å². The van der Waals surface area contributed by atoms with Crippen molar-refractivity contribution in [2.45, 2.75) is 12.8 Å². The number of hydrogen-bond donors (Lipinski definition) is 1. The van der Waals surface area contributed by atoms with Crippen LogP contribution in [-0.2, 0) is 4.74 Å². The molecule has 0 heterocycles. The maximum Gasteiger partial charge on any atom is 0.411 e. The summed E-state index contributed by atoms with van der Waals surface area (Å²) in [6.07, 6.45) is 0.996. The Morgan fingerprint density at radius 3 is 2.76 bits per heavy atom. The zero-order valence-electron chi connectivity index (χ0n) is 9.01. The number of carbonyl (C=O) groups excluding carboxylic acids is 1. The smallest absolute Gasteiger partial charge is 0.411 e. The van der Waals surface area contributed by atoms with Crippen molar-refractivity contribution in [3.63, 3.8) is 0 Å². The molecule has 0 aliphatic heterocycles. The molecule has 94 valence electrons. The predicted octanol–water partition coefficient (Wildman–Crippen LogP) is 4.56. The maximum absolute atomic E-state index is 11.4. The molecule has 0 unspecified atom stereocenters. The van der Waals surface area contributed by atoms with E-state index < -0.39 is 6.09 Å². The molecular formula is C11H12Cl3NO2. The Labute approximate surface area is 115 Å². The number of unbranched alkanes of at least 4 members (excludes halogenated alkanes) is 1. The number of ether oxygens (including phenoxy) is 1. The summed E-state index contributed by atoms with van der Waals surface area (Å²) in [7, 11) is 0. The van der Waals surface area contributed by atoms with Crippen molar-refractivity contribution in [3.8, 4) is 0 Å². The van der Waals surface area contributed by atoms with Gasteiger partial charge < -0.3 is 4.74 Å². The summed E-state index contributed by atoms with van der Waals surface area (Å²) in [5.74, 6) is 0.561. The lowest BCUT2D eigenvalue weighted by Gasteiger charge is -2.08. The van der Waals surface area contributed by atoms with Crippen LogP contribution >= 0.6 is 34.8 Å². The van der Waals surface area contributed by atoms with Crippen molar-refractivity contribution >= 4 is 46.6 Å². The number of anilines is 1. The van der Waals surface area contributed by atoms with Crippen LogP contribution in [0.25, 0.3) is 0 Å². The minimum atomic E-state index is -0.552. The van der Waals surface area contributed by atoms with E-state index in [0.29, 0.717) is 28.2 Å². The molecule has 6 heteroatoms. The molecule has 1 amide bonds. The summed E-state index contributed by atoms with van der Waals surface area (Å²) in [4.78, 5) is 11.4. The second-order valence-corrected chi connectivity index (χ2v) is 4.50. The van der Waals surface area contributed by atoms with Crippen molar-refractivity contribution < 1.29 is 9.53 Å². The zero-order valence-corrected chi connectivity index (χ0v) is 11.3. The molecule has 3 nitrogen and oxygen atoms in total. The summed E-state index contributed by atoms with van der Waals surface area (Å²) in [5, 5.41) is 3.42. The van der Waals surface area contributed by atoms with E-state index in [0.717, 1.165) is 12.8 Å². The topological polar surface area (TPSA) is 38.3 Å². The molecule has 0 atom stereocenters. The van der Waals surface area contributed by atoms with Crippen LogP contribution in [0.3, 0.4) is 0 Å². The first-order valence-electron chi connectivity index (χ1n) is 5.08. The minimum Gasteiger partial charge on any atom is -0.449 e. The van der Waals surface area contributed by atoms with Crippen LogP contribution in [0, 0.1) is 0 Å². The van der Waals surface area contributed by atoms with E-state index in [1.54, 1.807) is 18.2 Å². The average molecular weight is 297 g/mol. The van der Waals surface area contributed by atoms with Gasteiger partial charge in [-0.3, -0.25) is 5.32 Å². The summed E-state index contributed by atoms with van der Waals surface area (Å²) < 4.78 is 4.93. The number of amides is 1. The van der Waals surface area contributed by atoms with Gasteiger partial charge in [-0.15, -0.1) is 11.6 Å². The van der Waals surface area contributed by atoms with Crippen molar-refractivity contribution in [1.29, 1.82) is 0 Å². The van der Waals surface area contributed by atoms with Crippen molar-refractivity contribution in [2.24, 2.45) is 0 Å². The third kappa shape index (κ3) is 5.48. The summed E-state index contributed by atoms with van der Waals surface area (Å²) >= 11 is 17.2. The average Bonchev–Trinajstić information content (AvgIpc) is 2.29. The van der Waals surface area contributed by atoms with Gasteiger partial charge in [0.15, 0.2) is 0 Å². The molecule has 0 saturated heterocycles. The quantitative estimate of drug-likeness (QED) is 0.639. The Morgan fingerprint density at radius 2 is 2.06 bits per heavy atom. The zero-order chi connectivity index (χ0) is 12.7. The standard InChI is InChI=1S/C11H12Cl3NO2/c12-5-1-2-6-17-11(16)15-10-7-8(13)3-4-9(10)14/h3-4,7H,1-2,5-6H2,(H,15,16). The maximum atomic E-state index is 11.4. The van der Waals surface area contributed by atoms with Gasteiger partial charge in [0.2, 0.25) is 0 Å². The lowest BCUT2D eigenvalue weighted by Crippen LogP contribution is -2.14. The van der Waals surface area contributed by atoms with E-state index >= 15 is 0 Å². The molecule has 0 aliphatic carbocycles. The summed E-state index contributed by atoms with van der Waals surface area (Å²) in [5.41, 5.74) is 0.432. The SMILES string of the molecule is O=C(Nc1cc(Cl)ccc1Cl)OCCCCCl. The lowest BCUT2D eigenvalue weighted by molar-refractivity contribution is 0.160. The second kappa shape index (κ2) is 7.64. The third-order valence-electron chi connectivity index (χ3n) is 1.93. The van der Waals surface area contributed by atoms with Crippen LogP contribution in [0.5, 0.6) is 0 Å². The molecule has 1 aromatic rings. The van der Waals surface area contributed by atoms with E-state index in [-0.39, 0.29) is 0 Å². The molecule has 0 aliphatic rings. The first-order chi connectivity index (χ1) is 8.13. The fourth-order valence-corrected chi connectivity index (χ4v) is 1.63. The number of benzene rings is 1. The van der Waals surface area contributed by atoms with Crippen LogP contribution in [0.15, 0.2) is 18.2 Å². The molecule has 17 heavy (non-hydrogen) atoms. The second-order valence-electron chi connectivity index (χ2n) is 3.28. The Bertz CT molecular complexity index is 385. The minimum absolute atomic E-state index is 0.330. The molecule has 0 radical (unpaired) electrons. The van der Waals surface area contributed by atoms with Gasteiger partial charge in [-0.2, -0.15) is 0 Å². The van der Waals surface area contributed by atoms with Crippen molar-refractivity contribution in [2.75, 3.05) is 17.8 Å². The van der Waals surface area contributed by atoms with E-state index in [1.165, 1.54) is 0 Å². The van der Waals surface area contributed by atoms with Crippen LogP contribution in [0.4, 0.5) is 10.5 Å². The lowest BCUT2D eigenvalue weighted by atomic mass is 10.3. The van der Waals surface area contributed by atoms with Gasteiger partial charge >= 0.3 is 6.09 Å². The molecule has 0 bridgehead atoms. The molecule has 1 rings (SSSR count). The van der Waals surface area contributed by atoms with Gasteiger partial charge in [0, 0.05) is 10.9 Å². The van der Waals surface area contributed by atoms with Crippen molar-refractivity contribution in [1.82, 2.24) is 0 Å². The molecule has 1 N–H and O–H groups in total. The molecular weight excluding hydrogens is 284 g/mol. The predicted molar refractivity (Wildman–Crippen MR) is 71.4 cm³/mol. The number of rotatable bonds is 5. The van der Waals surface area contributed by atoms with Crippen LogP contribution in [0.1, 0.15) is 12.8 Å². The Kier molecular flexibility index (Phi) is 6.48. The Balaban J connectivity index is 2.42. The van der Waals surface area contributed by atoms with Gasteiger partial charge in [-0.1, -0.05) is 23.2 Å². The molecule has 0 fully saturated rings. The monoisotopic (exact) mass is 295 g/mol. The normalized spacial score (nSPS) is 10.1. The number of carbonyl (C=O) groups is 1. The first kappa shape index (κ1) is 14.4. The molecule has 0 spiro atoms. The van der Waals surface area contributed by atoms with Gasteiger partial charge in [-0.25, -0.2) is 4.79 Å². The van der Waals surface area contributed by atoms with Gasteiger partial charge in [0.1, 0.15) is 0 Å². The Morgan fingerprint density at radius 1 is 1.29 bits per heavy atom. The van der Waals surface area contributed by atoms with Crippen molar-refractivity contribution in [3.05, 3.63) is 28.2 Å². The molecule has 1 aromatic carbocycles. The van der Waals surface area contributed by atoms with Crippen LogP contribution in [-0.4, -0.2) is 18.6 Å². The highest BCUT2D eigenvalue weighted by Crippen LogP contribution is 2.25. The first-order valence-corrected chi connectivity index (χ1v) is 6.37. The molecule has 0 saturated carbocycles. The van der Waals surface area contributed by atoms with Gasteiger partial charge in [0.25, 0.3) is 0 Å². The van der Waals surface area contributed by atoms with E-state index in [1.807, 2.05) is 0 Å². The third-order valence-corrected chi connectivity index (χ3v) is 2.76. The molecule has 0 aromatic heterocycles. The van der Waals surface area contributed by atoms with E-state index in [2.05, 4.69) is 5.32 Å². The summed E-state index contributed by atoms with van der Waals surface area (Å²) in [6, 6.07) is 4.80. The number of hydrogen-bond acceptors (Lipinski definition) is 2. The fourth-order valence-electron chi connectivity index (χ4n) is 1.10. The Hall–Kier alpha value is -0.640. The summed E-state index contributed by atoms with van der Waals surface area (Å²) in [6.45, 7) is 0.330. The van der Waals surface area contributed by atoms with Gasteiger partial charge in [0.05, 0.1) is 17.3 Å². The van der Waals surface area contributed by atoms with E-state index in [4.69, 9.17) is 39.5 Å². The van der Waals surface area contributed by atoms with Gasteiger partial charge in [-0.05, 0) is 31.0 Å². The highest BCUT2D eigenvalue weighted by molar-refractivity contribution is 6.35. The highest BCUT2D eigenvalue weighted by atomic mass is 35.5. The fraction of sp³-hybridized carbons (Fsp3) is 0.364.